The van der Waals surface area contributed by atoms with Crippen LogP contribution in [0.2, 0.25) is 0 Å². The number of hydrogen-bond acceptors (Lipinski definition) is 4. The highest BCUT2D eigenvalue weighted by molar-refractivity contribution is 5.88. The standard InChI is InChI=1S/C18H16N2O3/c1-13-9-10-15(23-13)11-19-20-18(21)12-22-17-8-4-6-14-5-2-3-7-16(14)17/h2-11H,12H2,1H3,(H,20,21). The van der Waals surface area contributed by atoms with E-state index in [1.54, 1.807) is 6.07 Å². The normalized spacial score (nSPS) is 11.0. The van der Waals surface area contributed by atoms with Crippen LogP contribution in [-0.4, -0.2) is 18.7 Å². The number of hydrazone groups is 1. The first kappa shape index (κ1) is 14.8. The molecule has 2 aromatic carbocycles. The number of carbonyl (C=O) groups excluding carboxylic acids is 1. The van der Waals surface area contributed by atoms with Crippen LogP contribution < -0.4 is 10.2 Å². The van der Waals surface area contributed by atoms with Crippen molar-refractivity contribution in [3.05, 3.63) is 66.1 Å². The molecule has 23 heavy (non-hydrogen) atoms. The monoisotopic (exact) mass is 308 g/mol. The van der Waals surface area contributed by atoms with Crippen molar-refractivity contribution in [1.29, 1.82) is 0 Å². The molecule has 0 aliphatic heterocycles. The summed E-state index contributed by atoms with van der Waals surface area (Å²) in [5.41, 5.74) is 2.40. The number of amides is 1. The summed E-state index contributed by atoms with van der Waals surface area (Å²) in [5.74, 6) is 1.70. The van der Waals surface area contributed by atoms with Crippen LogP contribution in [-0.2, 0) is 4.79 Å². The second-order valence-electron chi connectivity index (χ2n) is 5.01. The van der Waals surface area contributed by atoms with Gasteiger partial charge in [0.15, 0.2) is 6.61 Å². The summed E-state index contributed by atoms with van der Waals surface area (Å²) in [5, 5.41) is 5.87. The number of nitrogens with one attached hydrogen (secondary N) is 1. The third kappa shape index (κ3) is 3.77. The van der Waals surface area contributed by atoms with Gasteiger partial charge in [0.25, 0.3) is 5.91 Å². The predicted octanol–water partition coefficient (Wildman–Crippen LogP) is 3.27. The van der Waals surface area contributed by atoms with E-state index in [1.807, 2.05) is 55.5 Å². The molecule has 0 saturated carbocycles. The smallest absolute Gasteiger partial charge is 0.277 e. The van der Waals surface area contributed by atoms with E-state index in [4.69, 9.17) is 9.15 Å². The first-order chi connectivity index (χ1) is 11.2. The molecule has 0 saturated heterocycles. The summed E-state index contributed by atoms with van der Waals surface area (Å²) in [6, 6.07) is 17.2. The number of furan rings is 1. The van der Waals surface area contributed by atoms with E-state index in [-0.39, 0.29) is 12.5 Å². The van der Waals surface area contributed by atoms with Crippen molar-refractivity contribution in [2.75, 3.05) is 6.61 Å². The first-order valence-electron chi connectivity index (χ1n) is 7.21. The van der Waals surface area contributed by atoms with Crippen molar-refractivity contribution in [2.45, 2.75) is 6.92 Å². The minimum absolute atomic E-state index is 0.109. The third-order valence-corrected chi connectivity index (χ3v) is 3.25. The molecule has 3 rings (SSSR count). The first-order valence-corrected chi connectivity index (χ1v) is 7.21. The molecule has 1 N–H and O–H groups in total. The minimum Gasteiger partial charge on any atom is -0.483 e. The van der Waals surface area contributed by atoms with Gasteiger partial charge in [0, 0.05) is 5.39 Å². The van der Waals surface area contributed by atoms with E-state index in [1.165, 1.54) is 6.21 Å². The molecule has 1 amide bonds. The summed E-state index contributed by atoms with van der Waals surface area (Å²) in [6.07, 6.45) is 1.45. The molecular weight excluding hydrogens is 292 g/mol. The summed E-state index contributed by atoms with van der Waals surface area (Å²) in [6.45, 7) is 1.73. The molecule has 0 aliphatic rings. The van der Waals surface area contributed by atoms with E-state index < -0.39 is 0 Å². The Morgan fingerprint density at radius 2 is 2.00 bits per heavy atom. The van der Waals surface area contributed by atoms with Gasteiger partial charge in [0.2, 0.25) is 0 Å². The van der Waals surface area contributed by atoms with Crippen molar-refractivity contribution in [3.63, 3.8) is 0 Å². The molecule has 0 bridgehead atoms. The van der Waals surface area contributed by atoms with Crippen LogP contribution >= 0.6 is 0 Å². The van der Waals surface area contributed by atoms with Crippen LogP contribution in [0.25, 0.3) is 10.8 Å². The molecule has 0 fully saturated rings. The molecule has 0 spiro atoms. The highest BCUT2D eigenvalue weighted by Crippen LogP contribution is 2.24. The van der Waals surface area contributed by atoms with Gasteiger partial charge in [-0.2, -0.15) is 5.10 Å². The summed E-state index contributed by atoms with van der Waals surface area (Å²) >= 11 is 0. The number of benzene rings is 2. The van der Waals surface area contributed by atoms with E-state index in [2.05, 4.69) is 10.5 Å². The van der Waals surface area contributed by atoms with Crippen LogP contribution in [0.15, 0.2) is 64.1 Å². The fourth-order valence-corrected chi connectivity index (χ4v) is 2.19. The lowest BCUT2D eigenvalue weighted by Crippen LogP contribution is -2.24. The second-order valence-corrected chi connectivity index (χ2v) is 5.01. The molecule has 1 aromatic heterocycles. The topological polar surface area (TPSA) is 63.8 Å². The molecule has 116 valence electrons. The molecule has 5 nitrogen and oxygen atoms in total. The Hall–Kier alpha value is -3.08. The Labute approximate surface area is 133 Å². The van der Waals surface area contributed by atoms with Gasteiger partial charge in [-0.3, -0.25) is 4.79 Å². The van der Waals surface area contributed by atoms with Crippen LogP contribution in [0.5, 0.6) is 5.75 Å². The molecule has 5 heteroatoms. The number of carbonyl (C=O) groups is 1. The Bertz CT molecular complexity index is 847. The van der Waals surface area contributed by atoms with E-state index in [0.29, 0.717) is 11.5 Å². The van der Waals surface area contributed by atoms with E-state index in [9.17, 15) is 4.79 Å². The quantitative estimate of drug-likeness (QED) is 0.581. The predicted molar refractivity (Wildman–Crippen MR) is 88.6 cm³/mol. The Morgan fingerprint density at radius 3 is 2.83 bits per heavy atom. The summed E-state index contributed by atoms with van der Waals surface area (Å²) in [7, 11) is 0. The van der Waals surface area contributed by atoms with Gasteiger partial charge in [-0.15, -0.1) is 0 Å². The van der Waals surface area contributed by atoms with Crippen LogP contribution in [0.3, 0.4) is 0 Å². The average Bonchev–Trinajstić information content (AvgIpc) is 2.98. The van der Waals surface area contributed by atoms with Crippen LogP contribution in [0.1, 0.15) is 11.5 Å². The fraction of sp³-hybridized carbons (Fsp3) is 0.111. The molecule has 0 radical (unpaired) electrons. The molecule has 1 heterocycles. The molecule has 3 aromatic rings. The lowest BCUT2D eigenvalue weighted by molar-refractivity contribution is -0.123. The van der Waals surface area contributed by atoms with Gasteiger partial charge >= 0.3 is 0 Å². The van der Waals surface area contributed by atoms with Crippen molar-refractivity contribution in [1.82, 2.24) is 5.43 Å². The van der Waals surface area contributed by atoms with Gasteiger partial charge < -0.3 is 9.15 Å². The number of nitrogens with zero attached hydrogens (tertiary/aromatic N) is 1. The molecule has 0 unspecified atom stereocenters. The molecule has 0 aliphatic carbocycles. The fourth-order valence-electron chi connectivity index (χ4n) is 2.19. The average molecular weight is 308 g/mol. The number of rotatable bonds is 5. The van der Waals surface area contributed by atoms with Crippen molar-refractivity contribution < 1.29 is 13.9 Å². The van der Waals surface area contributed by atoms with E-state index >= 15 is 0 Å². The van der Waals surface area contributed by atoms with Gasteiger partial charge in [-0.1, -0.05) is 36.4 Å². The van der Waals surface area contributed by atoms with Gasteiger partial charge in [-0.25, -0.2) is 5.43 Å². The van der Waals surface area contributed by atoms with Gasteiger partial charge in [0.1, 0.15) is 17.3 Å². The van der Waals surface area contributed by atoms with Crippen molar-refractivity contribution in [3.8, 4) is 5.75 Å². The summed E-state index contributed by atoms with van der Waals surface area (Å²) in [4.78, 5) is 11.8. The maximum atomic E-state index is 11.8. The largest absolute Gasteiger partial charge is 0.483 e. The highest BCUT2D eigenvalue weighted by Gasteiger charge is 2.05. The van der Waals surface area contributed by atoms with Crippen molar-refractivity contribution in [2.24, 2.45) is 5.10 Å². The Balaban J connectivity index is 1.57. The van der Waals surface area contributed by atoms with Crippen LogP contribution in [0, 0.1) is 6.92 Å². The number of hydrogen-bond donors (Lipinski definition) is 1. The highest BCUT2D eigenvalue weighted by atomic mass is 16.5. The number of aryl methyl sites for hydroxylation is 1. The van der Waals surface area contributed by atoms with Crippen molar-refractivity contribution >= 4 is 22.9 Å². The minimum atomic E-state index is -0.336. The summed E-state index contributed by atoms with van der Waals surface area (Å²) < 4.78 is 10.9. The lowest BCUT2D eigenvalue weighted by atomic mass is 10.1. The Kier molecular flexibility index (Phi) is 4.38. The number of fused-ring (bicyclic) bond motifs is 1. The maximum absolute atomic E-state index is 11.8. The van der Waals surface area contributed by atoms with Gasteiger partial charge in [0.05, 0.1) is 6.21 Å². The molecular formula is C18H16N2O3. The second kappa shape index (κ2) is 6.79. The SMILES string of the molecule is Cc1ccc(C=NNC(=O)COc2cccc3ccccc23)o1. The number of ether oxygens (including phenoxy) is 1. The van der Waals surface area contributed by atoms with Gasteiger partial charge in [-0.05, 0) is 30.5 Å². The zero-order chi connectivity index (χ0) is 16.1. The maximum Gasteiger partial charge on any atom is 0.277 e. The van der Waals surface area contributed by atoms with E-state index in [0.717, 1.165) is 16.5 Å². The lowest BCUT2D eigenvalue weighted by Gasteiger charge is -2.08. The third-order valence-electron chi connectivity index (χ3n) is 3.25. The zero-order valence-electron chi connectivity index (χ0n) is 12.7. The Morgan fingerprint density at radius 1 is 1.17 bits per heavy atom. The molecule has 0 atom stereocenters. The zero-order valence-corrected chi connectivity index (χ0v) is 12.7. The van der Waals surface area contributed by atoms with Crippen LogP contribution in [0.4, 0.5) is 0 Å².